The number of carbonyl (C=O) groups is 2. The van der Waals surface area contributed by atoms with Crippen LogP contribution in [0.4, 0.5) is 0 Å². The molecule has 0 bridgehead atoms. The van der Waals surface area contributed by atoms with E-state index in [1.165, 1.54) is 205 Å². The maximum atomic E-state index is 13.2. The predicted octanol–water partition coefficient (Wildman–Crippen LogP) is 16.7. The Morgan fingerprint density at radius 3 is 1.26 bits per heavy atom. The minimum atomic E-state index is -0.807. The van der Waals surface area contributed by atoms with Crippen molar-refractivity contribution >= 4 is 11.9 Å². The molecule has 1 amide bonds. The van der Waals surface area contributed by atoms with Crippen molar-refractivity contribution in [3.8, 4) is 0 Å². The van der Waals surface area contributed by atoms with Gasteiger partial charge in [0.25, 0.3) is 0 Å². The van der Waals surface area contributed by atoms with Gasteiger partial charge in [-0.3, -0.25) is 9.59 Å². The number of allylic oxidation sites excluding steroid dienone is 3. The van der Waals surface area contributed by atoms with Crippen LogP contribution in [-0.2, 0) is 14.3 Å². The van der Waals surface area contributed by atoms with Gasteiger partial charge in [-0.1, -0.05) is 270 Å². The van der Waals surface area contributed by atoms with Gasteiger partial charge < -0.3 is 20.3 Å². The van der Waals surface area contributed by atoms with E-state index in [-0.39, 0.29) is 24.9 Å². The fourth-order valence-electron chi connectivity index (χ4n) is 8.57. The number of aliphatic hydroxyl groups is 2. The molecule has 62 heavy (non-hydrogen) atoms. The zero-order valence-corrected chi connectivity index (χ0v) is 41.8. The molecular weight excluding hydrogens is 767 g/mol. The third kappa shape index (κ3) is 44.9. The predicted molar refractivity (Wildman–Crippen MR) is 269 cm³/mol. The molecule has 0 aliphatic heterocycles. The molecule has 0 aromatic rings. The Balaban J connectivity index is 4.49. The number of hydrogen-bond donors (Lipinski definition) is 3. The highest BCUT2D eigenvalue weighted by Crippen LogP contribution is 2.17. The molecule has 6 heteroatoms. The van der Waals surface area contributed by atoms with Crippen molar-refractivity contribution in [3.05, 3.63) is 24.3 Å². The third-order valence-corrected chi connectivity index (χ3v) is 12.8. The van der Waals surface area contributed by atoms with Crippen LogP contribution in [0.15, 0.2) is 24.3 Å². The van der Waals surface area contributed by atoms with Crippen molar-refractivity contribution < 1.29 is 24.5 Å². The van der Waals surface area contributed by atoms with Crippen molar-refractivity contribution in [1.29, 1.82) is 0 Å². The summed E-state index contributed by atoms with van der Waals surface area (Å²) in [6.07, 6.45) is 58.5. The second-order valence-electron chi connectivity index (χ2n) is 19.0. The smallest absolute Gasteiger partial charge is 0.306 e. The van der Waals surface area contributed by atoms with Crippen LogP contribution in [0.3, 0.4) is 0 Å². The maximum absolute atomic E-state index is 13.2. The van der Waals surface area contributed by atoms with Crippen LogP contribution < -0.4 is 5.32 Å². The minimum Gasteiger partial charge on any atom is -0.458 e. The molecule has 0 aliphatic carbocycles. The zero-order chi connectivity index (χ0) is 45.2. The van der Waals surface area contributed by atoms with E-state index in [0.717, 1.165) is 51.4 Å². The van der Waals surface area contributed by atoms with Crippen LogP contribution in [0.25, 0.3) is 0 Å². The average Bonchev–Trinajstić information content (AvgIpc) is 3.26. The highest BCUT2D eigenvalue weighted by Gasteiger charge is 2.23. The van der Waals surface area contributed by atoms with E-state index >= 15 is 0 Å². The van der Waals surface area contributed by atoms with E-state index in [9.17, 15) is 19.8 Å². The lowest BCUT2D eigenvalue weighted by atomic mass is 10.0. The summed E-state index contributed by atoms with van der Waals surface area (Å²) >= 11 is 0. The number of nitrogens with one attached hydrogen (secondary N) is 1. The lowest BCUT2D eigenvalue weighted by Crippen LogP contribution is -2.46. The minimum absolute atomic E-state index is 0.0229. The summed E-state index contributed by atoms with van der Waals surface area (Å²) < 4.78 is 5.84. The average molecular weight is 874 g/mol. The summed E-state index contributed by atoms with van der Waals surface area (Å²) in [7, 11) is 0. The Kier molecular flexibility index (Phi) is 49.0. The normalized spacial score (nSPS) is 13.3. The molecule has 0 saturated carbocycles. The van der Waals surface area contributed by atoms with Gasteiger partial charge >= 0.3 is 5.97 Å². The molecular formula is C56H107NO5. The Bertz CT molecular complexity index is 981. The van der Waals surface area contributed by atoms with E-state index in [0.29, 0.717) is 12.8 Å². The van der Waals surface area contributed by atoms with Gasteiger partial charge in [0.15, 0.2) is 0 Å². The van der Waals surface area contributed by atoms with E-state index in [1.807, 2.05) is 12.2 Å². The van der Waals surface area contributed by atoms with Crippen molar-refractivity contribution in [3.63, 3.8) is 0 Å². The lowest BCUT2D eigenvalue weighted by molar-refractivity contribution is -0.148. The number of amides is 1. The summed E-state index contributed by atoms with van der Waals surface area (Å²) in [5, 5.41) is 23.8. The van der Waals surface area contributed by atoms with Crippen molar-refractivity contribution in [2.24, 2.45) is 0 Å². The molecule has 3 unspecified atom stereocenters. The van der Waals surface area contributed by atoms with Crippen LogP contribution in [0.2, 0.25) is 0 Å². The quantitative estimate of drug-likeness (QED) is 0.0321. The molecule has 0 aromatic heterocycles. The van der Waals surface area contributed by atoms with Crippen molar-refractivity contribution in [1.82, 2.24) is 5.32 Å². The molecule has 0 fully saturated rings. The lowest BCUT2D eigenvalue weighted by Gasteiger charge is -2.23. The van der Waals surface area contributed by atoms with Crippen LogP contribution >= 0.6 is 0 Å². The standard InChI is InChI=1S/C56H107NO5/c1-4-7-10-13-16-19-22-24-26-27-29-30-33-36-39-42-45-48-54(59)53(51-58)57-55(60)50-52(47-44-41-38-35-32-21-18-15-12-9-6-3)62-56(61)49-46-43-40-37-34-31-28-25-23-20-17-14-11-8-5-2/h35,38,44,47,52-54,58-59H,4-34,36-37,39-43,45-46,48-51H2,1-3H3,(H,57,60)/b38-35-,47-44+. The molecule has 0 heterocycles. The molecule has 6 nitrogen and oxygen atoms in total. The molecule has 3 N–H and O–H groups in total. The van der Waals surface area contributed by atoms with E-state index in [4.69, 9.17) is 4.74 Å². The van der Waals surface area contributed by atoms with Gasteiger partial charge in [0, 0.05) is 6.42 Å². The summed E-state index contributed by atoms with van der Waals surface area (Å²) in [5.74, 6) is -0.586. The van der Waals surface area contributed by atoms with E-state index in [1.54, 1.807) is 0 Å². The van der Waals surface area contributed by atoms with Gasteiger partial charge in [-0.25, -0.2) is 0 Å². The second kappa shape index (κ2) is 50.3. The largest absolute Gasteiger partial charge is 0.458 e. The molecule has 0 radical (unpaired) electrons. The topological polar surface area (TPSA) is 95.9 Å². The van der Waals surface area contributed by atoms with Crippen molar-refractivity contribution in [2.45, 2.75) is 315 Å². The number of hydrogen-bond acceptors (Lipinski definition) is 5. The Labute approximate surface area is 386 Å². The molecule has 0 aliphatic rings. The summed E-state index contributed by atoms with van der Waals surface area (Å²) in [6, 6.07) is -0.728. The van der Waals surface area contributed by atoms with Gasteiger partial charge in [-0.15, -0.1) is 0 Å². The molecule has 0 rings (SSSR count). The third-order valence-electron chi connectivity index (χ3n) is 12.8. The van der Waals surface area contributed by atoms with Crippen LogP contribution in [0.1, 0.15) is 297 Å². The van der Waals surface area contributed by atoms with Gasteiger partial charge in [-0.05, 0) is 38.2 Å². The number of carbonyl (C=O) groups excluding carboxylic acids is 2. The van der Waals surface area contributed by atoms with Crippen LogP contribution in [0, 0.1) is 0 Å². The van der Waals surface area contributed by atoms with E-state index in [2.05, 4.69) is 38.2 Å². The number of unbranched alkanes of at least 4 members (excludes halogenated alkanes) is 36. The molecule has 0 aromatic carbocycles. The Morgan fingerprint density at radius 1 is 0.484 bits per heavy atom. The molecule has 366 valence electrons. The number of ether oxygens (including phenoxy) is 1. The first-order valence-corrected chi connectivity index (χ1v) is 27.6. The monoisotopic (exact) mass is 874 g/mol. The Morgan fingerprint density at radius 2 is 0.855 bits per heavy atom. The maximum Gasteiger partial charge on any atom is 0.306 e. The first-order chi connectivity index (χ1) is 30.5. The fraction of sp³-hybridized carbons (Fsp3) is 0.893. The summed E-state index contributed by atoms with van der Waals surface area (Å²) in [6.45, 7) is 6.47. The number of esters is 1. The van der Waals surface area contributed by atoms with Gasteiger partial charge in [0.05, 0.1) is 25.2 Å². The SMILES string of the molecule is CCCCCCCC/C=C\C/C=C/C(CC(=O)NC(CO)C(O)CCCCCCCCCCCCCCCCCCC)OC(=O)CCCCCCCCCCCCCCCCC. The summed E-state index contributed by atoms with van der Waals surface area (Å²) in [4.78, 5) is 26.1. The first kappa shape index (κ1) is 60.3. The fourth-order valence-corrected chi connectivity index (χ4v) is 8.57. The zero-order valence-electron chi connectivity index (χ0n) is 41.8. The number of rotatable bonds is 50. The van der Waals surface area contributed by atoms with E-state index < -0.39 is 18.2 Å². The van der Waals surface area contributed by atoms with Crippen LogP contribution in [-0.4, -0.2) is 46.9 Å². The molecule has 0 saturated heterocycles. The number of aliphatic hydroxyl groups excluding tert-OH is 2. The second-order valence-corrected chi connectivity index (χ2v) is 19.0. The first-order valence-electron chi connectivity index (χ1n) is 27.6. The van der Waals surface area contributed by atoms with Crippen molar-refractivity contribution in [2.75, 3.05) is 6.61 Å². The molecule has 0 spiro atoms. The van der Waals surface area contributed by atoms with Gasteiger partial charge in [-0.2, -0.15) is 0 Å². The Hall–Kier alpha value is -1.66. The highest BCUT2D eigenvalue weighted by atomic mass is 16.5. The molecule has 3 atom stereocenters. The summed E-state index contributed by atoms with van der Waals surface area (Å²) in [5.41, 5.74) is 0. The highest BCUT2D eigenvalue weighted by molar-refractivity contribution is 5.78. The van der Waals surface area contributed by atoms with Gasteiger partial charge in [0.2, 0.25) is 5.91 Å². The van der Waals surface area contributed by atoms with Gasteiger partial charge in [0.1, 0.15) is 6.10 Å². The van der Waals surface area contributed by atoms with Crippen LogP contribution in [0.5, 0.6) is 0 Å².